The van der Waals surface area contributed by atoms with Crippen molar-refractivity contribution in [2.24, 2.45) is 0 Å². The minimum atomic E-state index is 0.666. The van der Waals surface area contributed by atoms with E-state index < -0.39 is 0 Å². The van der Waals surface area contributed by atoms with Crippen molar-refractivity contribution in [3.05, 3.63) is 170 Å². The molecular formula is C48H28N4. The Labute approximate surface area is 297 Å². The topological polar surface area (TPSA) is 35.1 Å². The lowest BCUT2D eigenvalue weighted by atomic mass is 9.99. The van der Waals surface area contributed by atoms with Crippen molar-refractivity contribution in [3.63, 3.8) is 0 Å². The molecule has 240 valence electrons. The van der Waals surface area contributed by atoms with Crippen LogP contribution in [0.2, 0.25) is 0 Å². The minimum Gasteiger partial charge on any atom is -0.308 e. The smallest absolute Gasteiger partial charge is 0.235 e. The highest BCUT2D eigenvalue weighted by Crippen LogP contribution is 2.46. The molecule has 0 saturated heterocycles. The number of rotatable bonds is 3. The van der Waals surface area contributed by atoms with Crippen molar-refractivity contribution in [2.75, 3.05) is 0 Å². The van der Waals surface area contributed by atoms with Gasteiger partial charge in [0.05, 0.1) is 38.8 Å². The van der Waals surface area contributed by atoms with Gasteiger partial charge in [0, 0.05) is 48.7 Å². The summed E-state index contributed by atoms with van der Waals surface area (Å²) in [6, 6.07) is 61.0. The highest BCUT2D eigenvalue weighted by Gasteiger charge is 2.25. The molecule has 4 nitrogen and oxygen atoms in total. The van der Waals surface area contributed by atoms with E-state index in [0.717, 1.165) is 44.0 Å². The van der Waals surface area contributed by atoms with E-state index in [9.17, 15) is 0 Å². The van der Waals surface area contributed by atoms with Crippen molar-refractivity contribution in [1.82, 2.24) is 18.9 Å². The molecule has 8 aromatic carbocycles. The zero-order valence-corrected chi connectivity index (χ0v) is 28.0. The predicted molar refractivity (Wildman–Crippen MR) is 217 cm³/mol. The number of para-hydroxylation sites is 3. The van der Waals surface area contributed by atoms with Crippen molar-refractivity contribution < 1.29 is 0 Å². The van der Waals surface area contributed by atoms with E-state index >= 15 is 0 Å². The Hall–Kier alpha value is -7.04. The molecule has 4 heterocycles. The fourth-order valence-corrected chi connectivity index (χ4v) is 8.80. The van der Waals surface area contributed by atoms with Crippen molar-refractivity contribution in [2.45, 2.75) is 0 Å². The second kappa shape index (κ2) is 10.3. The second-order valence-corrected chi connectivity index (χ2v) is 13.8. The molecule has 4 heteroatoms. The van der Waals surface area contributed by atoms with Crippen molar-refractivity contribution >= 4 is 81.6 Å². The van der Waals surface area contributed by atoms with Crippen LogP contribution in [0.25, 0.3) is 110 Å². The van der Waals surface area contributed by atoms with Gasteiger partial charge in [-0.1, -0.05) is 140 Å². The van der Waals surface area contributed by atoms with E-state index in [4.69, 9.17) is 9.97 Å². The van der Waals surface area contributed by atoms with Gasteiger partial charge in [0.15, 0.2) is 0 Å². The molecule has 52 heavy (non-hydrogen) atoms. The largest absolute Gasteiger partial charge is 0.308 e. The third-order valence-electron chi connectivity index (χ3n) is 11.1. The van der Waals surface area contributed by atoms with Gasteiger partial charge < -0.3 is 4.40 Å². The van der Waals surface area contributed by atoms with E-state index in [1.54, 1.807) is 0 Å². The maximum atomic E-state index is 5.51. The van der Waals surface area contributed by atoms with Gasteiger partial charge in [0.25, 0.3) is 0 Å². The molecule has 0 amide bonds. The average Bonchev–Trinajstić information content (AvgIpc) is 3.85. The minimum absolute atomic E-state index is 0.666. The first-order valence-electron chi connectivity index (χ1n) is 17.8. The molecule has 12 rings (SSSR count). The third kappa shape index (κ3) is 3.65. The number of hydrogen-bond acceptors (Lipinski definition) is 2. The van der Waals surface area contributed by atoms with E-state index in [1.807, 2.05) is 0 Å². The standard InChI is InChI=1S/C48H28N4/c1-2-12-29(13-3-1)30-22-24-32(25-23-30)45-37-27-26-31-14-4-5-15-33(31)46(37)50-48(49-45)52-41-21-11-7-17-35(41)43-42(52)28-38-34-16-6-9-19-39(34)51-40-20-10-8-18-36(40)44(43)47(38)51/h1-28H. The summed E-state index contributed by atoms with van der Waals surface area (Å²) in [5.74, 6) is 0.666. The van der Waals surface area contributed by atoms with Gasteiger partial charge in [-0.05, 0) is 46.8 Å². The molecule has 0 atom stereocenters. The van der Waals surface area contributed by atoms with Gasteiger partial charge in [-0.25, -0.2) is 9.97 Å². The van der Waals surface area contributed by atoms with Gasteiger partial charge in [0.2, 0.25) is 5.95 Å². The summed E-state index contributed by atoms with van der Waals surface area (Å²) in [4.78, 5) is 11.0. The fraction of sp³-hybridized carbons (Fsp3) is 0. The Kier molecular flexibility index (Phi) is 5.47. The van der Waals surface area contributed by atoms with Gasteiger partial charge in [-0.15, -0.1) is 0 Å². The Morgan fingerprint density at radius 3 is 1.75 bits per heavy atom. The lowest BCUT2D eigenvalue weighted by Crippen LogP contribution is -2.04. The van der Waals surface area contributed by atoms with Crippen LogP contribution in [-0.4, -0.2) is 18.9 Å². The molecule has 0 saturated carbocycles. The monoisotopic (exact) mass is 660 g/mol. The maximum Gasteiger partial charge on any atom is 0.235 e. The summed E-state index contributed by atoms with van der Waals surface area (Å²) in [7, 11) is 0. The van der Waals surface area contributed by atoms with E-state index in [2.05, 4.69) is 179 Å². The third-order valence-corrected chi connectivity index (χ3v) is 11.1. The maximum absolute atomic E-state index is 5.51. The summed E-state index contributed by atoms with van der Waals surface area (Å²) in [6.45, 7) is 0. The molecular weight excluding hydrogens is 633 g/mol. The van der Waals surface area contributed by atoms with Crippen LogP contribution in [-0.2, 0) is 0 Å². The summed E-state index contributed by atoms with van der Waals surface area (Å²) < 4.78 is 4.76. The molecule has 0 aliphatic heterocycles. The van der Waals surface area contributed by atoms with Gasteiger partial charge in [0.1, 0.15) is 0 Å². The number of benzene rings is 8. The van der Waals surface area contributed by atoms with Gasteiger partial charge in [-0.2, -0.15) is 0 Å². The van der Waals surface area contributed by atoms with E-state index in [1.165, 1.54) is 60.0 Å². The molecule has 12 aromatic rings. The van der Waals surface area contributed by atoms with E-state index in [-0.39, 0.29) is 0 Å². The van der Waals surface area contributed by atoms with Crippen LogP contribution in [0.4, 0.5) is 0 Å². The number of nitrogens with zero attached hydrogens (tertiary/aromatic N) is 4. The highest BCUT2D eigenvalue weighted by molar-refractivity contribution is 6.35. The van der Waals surface area contributed by atoms with Crippen LogP contribution in [0.3, 0.4) is 0 Å². The Balaban J connectivity index is 1.23. The molecule has 0 radical (unpaired) electrons. The number of hydrogen-bond donors (Lipinski definition) is 0. The number of fused-ring (bicyclic) bond motifs is 13. The summed E-state index contributed by atoms with van der Waals surface area (Å²) in [5, 5.41) is 10.7. The van der Waals surface area contributed by atoms with Gasteiger partial charge in [-0.3, -0.25) is 4.57 Å². The van der Waals surface area contributed by atoms with Crippen LogP contribution in [0.1, 0.15) is 0 Å². The Bertz CT molecular complexity index is 3390. The van der Waals surface area contributed by atoms with Crippen LogP contribution < -0.4 is 0 Å². The second-order valence-electron chi connectivity index (χ2n) is 13.8. The molecule has 0 aliphatic carbocycles. The number of aromatic nitrogens is 4. The average molecular weight is 661 g/mol. The van der Waals surface area contributed by atoms with Crippen LogP contribution >= 0.6 is 0 Å². The van der Waals surface area contributed by atoms with Crippen molar-refractivity contribution in [3.8, 4) is 28.3 Å². The SMILES string of the molecule is c1ccc(-c2ccc(-c3nc(-n4c5ccccc5c5c6c7ccccc7n7c8ccccc8c(cc54)c67)nc4c3ccc3ccccc34)cc2)cc1. The molecule has 0 aliphatic rings. The lowest BCUT2D eigenvalue weighted by molar-refractivity contribution is 1.02. The van der Waals surface area contributed by atoms with E-state index in [0.29, 0.717) is 5.95 Å². The first-order valence-corrected chi connectivity index (χ1v) is 17.8. The van der Waals surface area contributed by atoms with Crippen LogP contribution in [0.15, 0.2) is 170 Å². The first-order chi connectivity index (χ1) is 25.8. The Morgan fingerprint density at radius 2 is 0.962 bits per heavy atom. The first kappa shape index (κ1) is 27.7. The molecule has 0 bridgehead atoms. The normalized spacial score (nSPS) is 12.2. The lowest BCUT2D eigenvalue weighted by Gasteiger charge is -2.14. The summed E-state index contributed by atoms with van der Waals surface area (Å²) in [5.41, 5.74) is 11.2. The molecule has 0 spiro atoms. The van der Waals surface area contributed by atoms with Crippen LogP contribution in [0, 0.1) is 0 Å². The molecule has 0 N–H and O–H groups in total. The Morgan fingerprint density at radius 1 is 0.365 bits per heavy atom. The zero-order valence-electron chi connectivity index (χ0n) is 28.0. The zero-order chi connectivity index (χ0) is 33.9. The summed E-state index contributed by atoms with van der Waals surface area (Å²) in [6.07, 6.45) is 0. The van der Waals surface area contributed by atoms with Gasteiger partial charge >= 0.3 is 0 Å². The van der Waals surface area contributed by atoms with Crippen molar-refractivity contribution in [1.29, 1.82) is 0 Å². The summed E-state index contributed by atoms with van der Waals surface area (Å²) >= 11 is 0. The highest BCUT2D eigenvalue weighted by atomic mass is 15.2. The fourth-order valence-electron chi connectivity index (χ4n) is 8.80. The molecule has 0 fully saturated rings. The predicted octanol–water partition coefficient (Wildman–Crippen LogP) is 12.4. The van der Waals surface area contributed by atoms with Crippen LogP contribution in [0.5, 0.6) is 0 Å². The molecule has 4 aromatic heterocycles. The quantitative estimate of drug-likeness (QED) is 0.177. The molecule has 0 unspecified atom stereocenters.